The molecule has 3 atom stereocenters. The summed E-state index contributed by atoms with van der Waals surface area (Å²) in [5.74, 6) is 0.796. The summed E-state index contributed by atoms with van der Waals surface area (Å²) in [5.41, 5.74) is -0.436. The van der Waals surface area contributed by atoms with Crippen LogP contribution in [0.1, 0.15) is 19.8 Å². The fourth-order valence-electron chi connectivity index (χ4n) is 2.51. The third-order valence-corrected chi connectivity index (χ3v) is 3.30. The van der Waals surface area contributed by atoms with Crippen LogP contribution in [-0.2, 0) is 9.53 Å². The Labute approximate surface area is 72.6 Å². The van der Waals surface area contributed by atoms with Crippen LogP contribution in [0.3, 0.4) is 0 Å². The fourth-order valence-corrected chi connectivity index (χ4v) is 2.51. The molecule has 0 heterocycles. The third-order valence-electron chi connectivity index (χ3n) is 3.30. The predicted octanol–water partition coefficient (Wildman–Crippen LogP) is 1.56. The molecule has 0 amide bonds. The Morgan fingerprint density at radius 3 is 3.00 bits per heavy atom. The highest BCUT2D eigenvalue weighted by molar-refractivity contribution is 5.97. The second-order valence-electron chi connectivity index (χ2n) is 3.74. The van der Waals surface area contributed by atoms with Crippen LogP contribution < -0.4 is 0 Å². The molecule has 66 valence electrons. The second-order valence-corrected chi connectivity index (χ2v) is 3.74. The van der Waals surface area contributed by atoms with Crippen molar-refractivity contribution >= 4 is 5.78 Å². The Hall–Kier alpha value is -0.630. The molecule has 2 aliphatic carbocycles. The van der Waals surface area contributed by atoms with E-state index in [9.17, 15) is 4.79 Å². The summed E-state index contributed by atoms with van der Waals surface area (Å²) in [7, 11) is 1.65. The lowest BCUT2D eigenvalue weighted by molar-refractivity contribution is -0.178. The maximum atomic E-state index is 11.6. The van der Waals surface area contributed by atoms with Crippen LogP contribution in [0.15, 0.2) is 12.2 Å². The molecule has 0 N–H and O–H groups in total. The number of ether oxygens (including phenoxy) is 1. The van der Waals surface area contributed by atoms with Crippen LogP contribution in [0.25, 0.3) is 0 Å². The lowest BCUT2D eigenvalue weighted by Gasteiger charge is -2.51. The Morgan fingerprint density at radius 1 is 1.67 bits per heavy atom. The number of hydrogen-bond acceptors (Lipinski definition) is 2. The molecule has 2 heteroatoms. The summed E-state index contributed by atoms with van der Waals surface area (Å²) in [4.78, 5) is 11.6. The van der Waals surface area contributed by atoms with Crippen LogP contribution in [-0.4, -0.2) is 18.5 Å². The van der Waals surface area contributed by atoms with Gasteiger partial charge in [-0.15, -0.1) is 0 Å². The van der Waals surface area contributed by atoms with E-state index in [2.05, 4.69) is 12.2 Å². The van der Waals surface area contributed by atoms with Gasteiger partial charge in [0.1, 0.15) is 5.60 Å². The van der Waals surface area contributed by atoms with E-state index < -0.39 is 5.60 Å². The molecule has 0 aromatic rings. The van der Waals surface area contributed by atoms with Crippen molar-refractivity contribution in [2.75, 3.05) is 7.11 Å². The molecule has 0 aromatic heterocycles. The molecular formula is C10H14O2. The monoisotopic (exact) mass is 166 g/mol. The number of carbonyl (C=O) groups is 1. The minimum absolute atomic E-state index is 0.168. The Kier molecular flexibility index (Phi) is 1.62. The molecule has 2 rings (SSSR count). The number of hydrogen-bond donors (Lipinski definition) is 0. The van der Waals surface area contributed by atoms with Gasteiger partial charge in [-0.1, -0.05) is 19.1 Å². The van der Waals surface area contributed by atoms with Crippen molar-refractivity contribution in [3.8, 4) is 0 Å². The predicted molar refractivity (Wildman–Crippen MR) is 45.8 cm³/mol. The highest BCUT2D eigenvalue weighted by atomic mass is 16.5. The van der Waals surface area contributed by atoms with Gasteiger partial charge in [0, 0.05) is 18.9 Å². The van der Waals surface area contributed by atoms with Crippen molar-refractivity contribution < 1.29 is 9.53 Å². The molecule has 0 spiro atoms. The maximum absolute atomic E-state index is 11.6. The Bertz CT molecular complexity index is 244. The lowest BCUT2D eigenvalue weighted by Crippen LogP contribution is -2.63. The van der Waals surface area contributed by atoms with E-state index in [4.69, 9.17) is 4.74 Å². The van der Waals surface area contributed by atoms with Crippen molar-refractivity contribution in [1.82, 2.24) is 0 Å². The summed E-state index contributed by atoms with van der Waals surface area (Å²) < 4.78 is 5.36. The second kappa shape index (κ2) is 2.43. The molecule has 1 fully saturated rings. The maximum Gasteiger partial charge on any atom is 0.168 e. The van der Waals surface area contributed by atoms with Gasteiger partial charge >= 0.3 is 0 Å². The minimum atomic E-state index is -0.436. The quantitative estimate of drug-likeness (QED) is 0.552. The Balaban J connectivity index is 2.30. The zero-order valence-corrected chi connectivity index (χ0v) is 7.54. The van der Waals surface area contributed by atoms with Crippen LogP contribution in [0, 0.1) is 11.8 Å². The van der Waals surface area contributed by atoms with Gasteiger partial charge in [0.05, 0.1) is 0 Å². The Morgan fingerprint density at radius 2 is 2.42 bits per heavy atom. The summed E-state index contributed by atoms with van der Waals surface area (Å²) in [6, 6.07) is 0. The van der Waals surface area contributed by atoms with Gasteiger partial charge < -0.3 is 4.74 Å². The standard InChI is InChI=1S/C10H14O2/c1-7-8-5-3-4-6-10(8,12-2)9(7)11/h3,5,7-8H,4,6H2,1-2H3. The summed E-state index contributed by atoms with van der Waals surface area (Å²) >= 11 is 0. The number of allylic oxidation sites excluding steroid dienone is 1. The van der Waals surface area contributed by atoms with Crippen LogP contribution in [0.2, 0.25) is 0 Å². The number of rotatable bonds is 1. The molecule has 0 aromatic carbocycles. The molecule has 2 aliphatic rings. The fraction of sp³-hybridized carbons (Fsp3) is 0.700. The zero-order valence-electron chi connectivity index (χ0n) is 7.54. The smallest absolute Gasteiger partial charge is 0.168 e. The number of fused-ring (bicyclic) bond motifs is 1. The van der Waals surface area contributed by atoms with Gasteiger partial charge in [0.2, 0.25) is 0 Å². The van der Waals surface area contributed by atoms with Crippen LogP contribution in [0.4, 0.5) is 0 Å². The van der Waals surface area contributed by atoms with E-state index in [1.165, 1.54) is 0 Å². The third kappa shape index (κ3) is 0.712. The first kappa shape index (κ1) is 7.99. The zero-order chi connectivity index (χ0) is 8.77. The molecule has 2 nitrogen and oxygen atoms in total. The van der Waals surface area contributed by atoms with E-state index in [-0.39, 0.29) is 5.92 Å². The lowest BCUT2D eigenvalue weighted by atomic mass is 9.57. The first-order chi connectivity index (χ1) is 5.72. The molecule has 0 saturated heterocycles. The largest absolute Gasteiger partial charge is 0.370 e. The summed E-state index contributed by atoms with van der Waals surface area (Å²) in [6.45, 7) is 1.99. The van der Waals surface area contributed by atoms with Gasteiger partial charge in [0.25, 0.3) is 0 Å². The van der Waals surface area contributed by atoms with Crippen LogP contribution in [0.5, 0.6) is 0 Å². The number of carbonyl (C=O) groups excluding carboxylic acids is 1. The summed E-state index contributed by atoms with van der Waals surface area (Å²) in [6.07, 6.45) is 6.14. The number of methoxy groups -OCH3 is 1. The topological polar surface area (TPSA) is 26.3 Å². The van der Waals surface area contributed by atoms with E-state index in [1.54, 1.807) is 7.11 Å². The van der Waals surface area contributed by atoms with E-state index in [0.717, 1.165) is 12.8 Å². The normalized spacial score (nSPS) is 45.3. The first-order valence-corrected chi connectivity index (χ1v) is 4.48. The van der Waals surface area contributed by atoms with Crippen molar-refractivity contribution in [3.05, 3.63) is 12.2 Å². The van der Waals surface area contributed by atoms with Gasteiger partial charge in [-0.05, 0) is 12.8 Å². The molecule has 12 heavy (non-hydrogen) atoms. The van der Waals surface area contributed by atoms with Crippen LogP contribution >= 0.6 is 0 Å². The van der Waals surface area contributed by atoms with Crippen molar-refractivity contribution in [1.29, 1.82) is 0 Å². The molecular weight excluding hydrogens is 152 g/mol. The van der Waals surface area contributed by atoms with Crippen molar-refractivity contribution in [2.45, 2.75) is 25.4 Å². The van der Waals surface area contributed by atoms with Crippen molar-refractivity contribution in [3.63, 3.8) is 0 Å². The van der Waals surface area contributed by atoms with E-state index in [1.807, 2.05) is 6.92 Å². The molecule has 0 aliphatic heterocycles. The van der Waals surface area contributed by atoms with E-state index in [0.29, 0.717) is 11.7 Å². The summed E-state index contributed by atoms with van der Waals surface area (Å²) in [5, 5.41) is 0. The molecule has 3 unspecified atom stereocenters. The van der Waals surface area contributed by atoms with Crippen molar-refractivity contribution in [2.24, 2.45) is 11.8 Å². The highest BCUT2D eigenvalue weighted by Crippen LogP contribution is 2.48. The molecule has 1 saturated carbocycles. The number of ketones is 1. The SMILES string of the molecule is COC12CCC=CC1C(C)C2=O. The minimum Gasteiger partial charge on any atom is -0.370 e. The first-order valence-electron chi connectivity index (χ1n) is 4.48. The average Bonchev–Trinajstić information content (AvgIpc) is 2.15. The van der Waals surface area contributed by atoms with E-state index >= 15 is 0 Å². The average molecular weight is 166 g/mol. The highest BCUT2D eigenvalue weighted by Gasteiger charge is 2.59. The molecule has 0 bridgehead atoms. The van der Waals surface area contributed by atoms with Gasteiger partial charge in [0.15, 0.2) is 5.78 Å². The van der Waals surface area contributed by atoms with Gasteiger partial charge in [-0.25, -0.2) is 0 Å². The molecule has 0 radical (unpaired) electrons. The number of Topliss-reactive ketones (excluding diaryl/α,β-unsaturated/α-hetero) is 1. The van der Waals surface area contributed by atoms with Gasteiger partial charge in [-0.3, -0.25) is 4.79 Å². The van der Waals surface area contributed by atoms with Gasteiger partial charge in [-0.2, -0.15) is 0 Å².